The second-order valence-corrected chi connectivity index (χ2v) is 10.4. The maximum atomic E-state index is 12.6. The Morgan fingerprint density at radius 1 is 1.00 bits per heavy atom. The second kappa shape index (κ2) is 10.6. The van der Waals surface area contributed by atoms with Crippen LogP contribution >= 0.6 is 0 Å². The van der Waals surface area contributed by atoms with Gasteiger partial charge in [0.05, 0.1) is 5.75 Å². The van der Waals surface area contributed by atoms with Crippen molar-refractivity contribution >= 4 is 21.7 Å². The Hall–Kier alpha value is -2.67. The van der Waals surface area contributed by atoms with E-state index in [9.17, 15) is 18.0 Å². The highest BCUT2D eigenvalue weighted by Crippen LogP contribution is 2.15. The van der Waals surface area contributed by atoms with Crippen LogP contribution < -0.4 is 5.32 Å². The molecule has 1 saturated heterocycles. The third-order valence-corrected chi connectivity index (χ3v) is 7.17. The molecule has 2 amide bonds. The monoisotopic (exact) mass is 442 g/mol. The molecule has 1 heterocycles. The molecule has 0 unspecified atom stereocenters. The maximum absolute atomic E-state index is 12.6. The van der Waals surface area contributed by atoms with Crippen LogP contribution in [0.1, 0.15) is 40.7 Å². The summed E-state index contributed by atoms with van der Waals surface area (Å²) in [7, 11) is -3.44. The predicted octanol–water partition coefficient (Wildman–Crippen LogP) is 2.76. The van der Waals surface area contributed by atoms with Crippen LogP contribution in [0.3, 0.4) is 0 Å². The van der Waals surface area contributed by atoms with Gasteiger partial charge in [0.2, 0.25) is 5.91 Å². The van der Waals surface area contributed by atoms with E-state index in [-0.39, 0.29) is 17.7 Å². The molecule has 1 aliphatic rings. The van der Waals surface area contributed by atoms with E-state index >= 15 is 0 Å². The zero-order valence-electron chi connectivity index (χ0n) is 17.9. The minimum absolute atomic E-state index is 0.00118. The standard InChI is InChI=1S/C24H30N2O4S/c1-19-9-11-21(12-10-19)24(28)26-15-13-22(14-16-26)25-23(27)18-31(29,30)17-5-8-20-6-3-2-4-7-20/h2-4,6-7,9-12,22H,5,8,13-18H2,1H3,(H,25,27). The Kier molecular flexibility index (Phi) is 7.85. The minimum atomic E-state index is -3.44. The first-order chi connectivity index (χ1) is 14.8. The molecule has 0 aromatic heterocycles. The average Bonchev–Trinajstić information content (AvgIpc) is 2.74. The fourth-order valence-electron chi connectivity index (χ4n) is 3.79. The molecule has 3 rings (SSSR count). The maximum Gasteiger partial charge on any atom is 0.253 e. The number of nitrogens with zero attached hydrogens (tertiary/aromatic N) is 1. The predicted molar refractivity (Wildman–Crippen MR) is 122 cm³/mol. The number of piperidine rings is 1. The Bertz CT molecular complexity index is 980. The van der Waals surface area contributed by atoms with Crippen LogP contribution in [0.15, 0.2) is 54.6 Å². The van der Waals surface area contributed by atoms with Crippen LogP contribution in [0.25, 0.3) is 0 Å². The van der Waals surface area contributed by atoms with Gasteiger partial charge in [0.1, 0.15) is 5.75 Å². The number of amides is 2. The van der Waals surface area contributed by atoms with Crippen molar-refractivity contribution in [2.24, 2.45) is 0 Å². The van der Waals surface area contributed by atoms with Gasteiger partial charge in [-0.05, 0) is 50.3 Å². The summed E-state index contributed by atoms with van der Waals surface area (Å²) in [5.74, 6) is -0.947. The number of hydrogen-bond donors (Lipinski definition) is 1. The zero-order chi connectivity index (χ0) is 22.3. The summed E-state index contributed by atoms with van der Waals surface area (Å²) < 4.78 is 24.6. The summed E-state index contributed by atoms with van der Waals surface area (Å²) in [4.78, 5) is 26.6. The molecule has 0 saturated carbocycles. The van der Waals surface area contributed by atoms with Crippen molar-refractivity contribution in [2.75, 3.05) is 24.6 Å². The Morgan fingerprint density at radius 3 is 2.29 bits per heavy atom. The number of hydrogen-bond acceptors (Lipinski definition) is 4. The number of aryl methyl sites for hydroxylation is 2. The lowest BCUT2D eigenvalue weighted by atomic mass is 10.0. The largest absolute Gasteiger partial charge is 0.352 e. The van der Waals surface area contributed by atoms with Crippen LogP contribution in [0.2, 0.25) is 0 Å². The third kappa shape index (κ3) is 7.21. The topological polar surface area (TPSA) is 83.6 Å². The van der Waals surface area contributed by atoms with Gasteiger partial charge >= 0.3 is 0 Å². The van der Waals surface area contributed by atoms with E-state index in [2.05, 4.69) is 5.32 Å². The molecule has 7 heteroatoms. The number of carbonyl (C=O) groups is 2. The molecule has 1 N–H and O–H groups in total. The number of likely N-dealkylation sites (tertiary alicyclic amines) is 1. The Morgan fingerprint density at radius 2 is 1.65 bits per heavy atom. The first-order valence-corrected chi connectivity index (χ1v) is 12.5. The van der Waals surface area contributed by atoms with Crippen LogP contribution in [0.5, 0.6) is 0 Å². The fraction of sp³-hybridized carbons (Fsp3) is 0.417. The van der Waals surface area contributed by atoms with E-state index < -0.39 is 21.5 Å². The number of benzene rings is 2. The molecule has 6 nitrogen and oxygen atoms in total. The average molecular weight is 443 g/mol. The lowest BCUT2D eigenvalue weighted by molar-refractivity contribution is -0.119. The normalized spacial score (nSPS) is 14.9. The van der Waals surface area contributed by atoms with Gasteiger partial charge in [-0.3, -0.25) is 9.59 Å². The fourth-order valence-corrected chi connectivity index (χ4v) is 5.00. The van der Waals surface area contributed by atoms with Crippen molar-refractivity contribution in [2.45, 2.75) is 38.6 Å². The van der Waals surface area contributed by atoms with Crippen LogP contribution in [-0.2, 0) is 21.1 Å². The molecule has 0 radical (unpaired) electrons. The van der Waals surface area contributed by atoms with Crippen molar-refractivity contribution < 1.29 is 18.0 Å². The van der Waals surface area contributed by atoms with Gasteiger partial charge in [0, 0.05) is 24.7 Å². The Balaban J connectivity index is 1.40. The van der Waals surface area contributed by atoms with E-state index in [1.54, 1.807) is 4.90 Å². The smallest absolute Gasteiger partial charge is 0.253 e. The van der Waals surface area contributed by atoms with E-state index in [0.717, 1.165) is 11.1 Å². The zero-order valence-corrected chi connectivity index (χ0v) is 18.7. The van der Waals surface area contributed by atoms with Crippen molar-refractivity contribution in [3.05, 3.63) is 71.3 Å². The van der Waals surface area contributed by atoms with Crippen molar-refractivity contribution in [1.82, 2.24) is 10.2 Å². The summed E-state index contributed by atoms with van der Waals surface area (Å²) in [5, 5.41) is 2.83. The highest BCUT2D eigenvalue weighted by atomic mass is 32.2. The first-order valence-electron chi connectivity index (χ1n) is 10.7. The van der Waals surface area contributed by atoms with E-state index in [4.69, 9.17) is 0 Å². The second-order valence-electron chi connectivity index (χ2n) is 8.18. The van der Waals surface area contributed by atoms with Crippen LogP contribution in [-0.4, -0.2) is 55.8 Å². The van der Waals surface area contributed by atoms with Gasteiger partial charge in [-0.25, -0.2) is 8.42 Å². The molecule has 31 heavy (non-hydrogen) atoms. The number of nitrogens with one attached hydrogen (secondary N) is 1. The van der Waals surface area contributed by atoms with Crippen LogP contribution in [0, 0.1) is 6.92 Å². The van der Waals surface area contributed by atoms with E-state index in [0.29, 0.717) is 44.3 Å². The quantitative estimate of drug-likeness (QED) is 0.681. The number of carbonyl (C=O) groups excluding carboxylic acids is 2. The number of sulfone groups is 1. The summed E-state index contributed by atoms with van der Waals surface area (Å²) >= 11 is 0. The van der Waals surface area contributed by atoms with Crippen LogP contribution in [0.4, 0.5) is 0 Å². The molecule has 2 aromatic carbocycles. The summed E-state index contributed by atoms with van der Waals surface area (Å²) in [6.07, 6.45) is 2.42. The summed E-state index contributed by atoms with van der Waals surface area (Å²) in [6.45, 7) is 3.06. The lowest BCUT2D eigenvalue weighted by Gasteiger charge is -2.32. The van der Waals surface area contributed by atoms with Crippen molar-refractivity contribution in [3.8, 4) is 0 Å². The summed E-state index contributed by atoms with van der Waals surface area (Å²) in [5.41, 5.74) is 2.86. The number of rotatable bonds is 8. The molecule has 0 spiro atoms. The Labute approximate surface area is 184 Å². The first kappa shape index (κ1) is 23.0. The van der Waals surface area contributed by atoms with Crippen molar-refractivity contribution in [3.63, 3.8) is 0 Å². The molecular weight excluding hydrogens is 412 g/mol. The van der Waals surface area contributed by atoms with Gasteiger partial charge in [-0.1, -0.05) is 48.0 Å². The molecular formula is C24H30N2O4S. The van der Waals surface area contributed by atoms with Gasteiger partial charge in [-0.15, -0.1) is 0 Å². The van der Waals surface area contributed by atoms with E-state index in [1.165, 1.54) is 0 Å². The SMILES string of the molecule is Cc1ccc(C(=O)N2CCC(NC(=O)CS(=O)(=O)CCCc3ccccc3)CC2)cc1. The lowest BCUT2D eigenvalue weighted by Crippen LogP contribution is -2.47. The van der Waals surface area contributed by atoms with Gasteiger partial charge in [0.25, 0.3) is 5.91 Å². The highest BCUT2D eigenvalue weighted by Gasteiger charge is 2.26. The third-order valence-electron chi connectivity index (χ3n) is 5.56. The minimum Gasteiger partial charge on any atom is -0.352 e. The molecule has 1 aliphatic heterocycles. The molecule has 0 aliphatic carbocycles. The summed E-state index contributed by atoms with van der Waals surface area (Å²) in [6, 6.07) is 17.1. The highest BCUT2D eigenvalue weighted by molar-refractivity contribution is 7.92. The molecule has 1 fully saturated rings. The van der Waals surface area contributed by atoms with Gasteiger partial charge in [0.15, 0.2) is 9.84 Å². The molecule has 0 bridgehead atoms. The van der Waals surface area contributed by atoms with Crippen molar-refractivity contribution in [1.29, 1.82) is 0 Å². The molecule has 2 aromatic rings. The van der Waals surface area contributed by atoms with Gasteiger partial charge in [-0.2, -0.15) is 0 Å². The molecule has 0 atom stereocenters. The molecule has 166 valence electrons. The van der Waals surface area contributed by atoms with Gasteiger partial charge < -0.3 is 10.2 Å². The van der Waals surface area contributed by atoms with E-state index in [1.807, 2.05) is 61.5 Å².